The second-order valence-corrected chi connectivity index (χ2v) is 6.68. The second kappa shape index (κ2) is 6.35. The molecule has 2 amide bonds. The maximum Gasteiger partial charge on any atom is 0.416 e. The standard InChI is InChI=1S/C18H18F3N3O2/c19-18(20,21)12-5-7-13(8-6-12)22-17(25)24-9-11-10-26-15-4-2-1-3-14(15)16(11)23-24/h1-2,4-8,11,14,16,23H,3,9-10H2,(H,22,25). The van der Waals surface area contributed by atoms with Gasteiger partial charge in [0, 0.05) is 30.1 Å². The number of rotatable bonds is 1. The van der Waals surface area contributed by atoms with E-state index in [9.17, 15) is 18.0 Å². The minimum absolute atomic E-state index is 0.110. The van der Waals surface area contributed by atoms with Crippen LogP contribution in [-0.2, 0) is 10.9 Å². The number of allylic oxidation sites excluding steroid dienone is 3. The Kier molecular flexibility index (Phi) is 4.14. The number of hydrogen-bond donors (Lipinski definition) is 2. The molecule has 5 nitrogen and oxygen atoms in total. The molecule has 0 aromatic heterocycles. The molecule has 3 atom stereocenters. The topological polar surface area (TPSA) is 53.6 Å². The van der Waals surface area contributed by atoms with E-state index >= 15 is 0 Å². The maximum atomic E-state index is 12.6. The Morgan fingerprint density at radius 1 is 1.27 bits per heavy atom. The third-order valence-corrected chi connectivity index (χ3v) is 4.99. The van der Waals surface area contributed by atoms with Gasteiger partial charge in [0.05, 0.1) is 12.2 Å². The quantitative estimate of drug-likeness (QED) is 0.801. The molecule has 0 spiro atoms. The number of ether oxygens (including phenoxy) is 1. The van der Waals surface area contributed by atoms with Crippen molar-refractivity contribution in [2.75, 3.05) is 18.5 Å². The van der Waals surface area contributed by atoms with E-state index in [2.05, 4.69) is 16.8 Å². The van der Waals surface area contributed by atoms with E-state index in [1.54, 1.807) is 0 Å². The van der Waals surface area contributed by atoms with Gasteiger partial charge in [-0.1, -0.05) is 12.2 Å². The molecule has 4 rings (SSSR count). The highest BCUT2D eigenvalue weighted by atomic mass is 19.4. The van der Waals surface area contributed by atoms with Crippen molar-refractivity contribution in [2.24, 2.45) is 11.8 Å². The molecule has 138 valence electrons. The highest BCUT2D eigenvalue weighted by Crippen LogP contribution is 2.36. The summed E-state index contributed by atoms with van der Waals surface area (Å²) in [5, 5.41) is 4.12. The Hall–Kier alpha value is -2.48. The lowest BCUT2D eigenvalue weighted by Gasteiger charge is -2.35. The van der Waals surface area contributed by atoms with E-state index < -0.39 is 17.8 Å². The van der Waals surface area contributed by atoms with Gasteiger partial charge in [0.25, 0.3) is 0 Å². The number of hydrogen-bond acceptors (Lipinski definition) is 3. The van der Waals surface area contributed by atoms with Gasteiger partial charge in [-0.25, -0.2) is 10.2 Å². The summed E-state index contributed by atoms with van der Waals surface area (Å²) in [6, 6.07) is 4.12. The minimum Gasteiger partial charge on any atom is -0.497 e. The predicted octanol–water partition coefficient (Wildman–Crippen LogP) is 3.53. The van der Waals surface area contributed by atoms with Crippen LogP contribution in [0.1, 0.15) is 12.0 Å². The highest BCUT2D eigenvalue weighted by Gasteiger charge is 2.44. The Morgan fingerprint density at radius 2 is 2.04 bits per heavy atom. The van der Waals surface area contributed by atoms with Crippen molar-refractivity contribution < 1.29 is 22.7 Å². The van der Waals surface area contributed by atoms with Crippen LogP contribution >= 0.6 is 0 Å². The van der Waals surface area contributed by atoms with Crippen LogP contribution in [0.3, 0.4) is 0 Å². The number of alkyl halides is 3. The summed E-state index contributed by atoms with van der Waals surface area (Å²) in [4.78, 5) is 12.5. The summed E-state index contributed by atoms with van der Waals surface area (Å²) < 4.78 is 43.6. The first-order chi connectivity index (χ1) is 12.4. The fourth-order valence-electron chi connectivity index (χ4n) is 3.65. The number of urea groups is 1. The van der Waals surface area contributed by atoms with Crippen LogP contribution < -0.4 is 10.7 Å². The lowest BCUT2D eigenvalue weighted by atomic mass is 9.82. The van der Waals surface area contributed by atoms with E-state index in [0.717, 1.165) is 24.3 Å². The fourth-order valence-corrected chi connectivity index (χ4v) is 3.65. The SMILES string of the molecule is O=C(Nc1ccc(C(F)(F)F)cc1)N1CC2COC3=CC=CCC3C2N1. The molecule has 8 heteroatoms. The summed E-state index contributed by atoms with van der Waals surface area (Å²) in [6.45, 7) is 1.03. The largest absolute Gasteiger partial charge is 0.497 e. The summed E-state index contributed by atoms with van der Waals surface area (Å²) in [5.74, 6) is 1.32. The number of carbonyl (C=O) groups is 1. The smallest absolute Gasteiger partial charge is 0.416 e. The highest BCUT2D eigenvalue weighted by molar-refractivity contribution is 5.89. The van der Waals surface area contributed by atoms with Crippen LogP contribution in [0.15, 0.2) is 48.3 Å². The summed E-state index contributed by atoms with van der Waals surface area (Å²) in [7, 11) is 0. The molecule has 2 N–H and O–H groups in total. The lowest BCUT2D eigenvalue weighted by molar-refractivity contribution is -0.137. The van der Waals surface area contributed by atoms with Crippen molar-refractivity contribution >= 4 is 11.7 Å². The second-order valence-electron chi connectivity index (χ2n) is 6.68. The summed E-state index contributed by atoms with van der Waals surface area (Å²) in [5.41, 5.74) is 2.80. The van der Waals surface area contributed by atoms with E-state index in [1.807, 2.05) is 12.2 Å². The number of nitrogens with one attached hydrogen (secondary N) is 2. The molecule has 0 radical (unpaired) electrons. The van der Waals surface area contributed by atoms with Crippen molar-refractivity contribution in [3.05, 3.63) is 53.8 Å². The first-order valence-corrected chi connectivity index (χ1v) is 8.43. The van der Waals surface area contributed by atoms with Gasteiger partial charge in [-0.15, -0.1) is 0 Å². The van der Waals surface area contributed by atoms with Crippen molar-refractivity contribution in [1.82, 2.24) is 10.4 Å². The number of benzene rings is 1. The number of anilines is 1. The van der Waals surface area contributed by atoms with Crippen molar-refractivity contribution in [3.63, 3.8) is 0 Å². The molecule has 1 aliphatic carbocycles. The molecule has 1 aromatic rings. The first-order valence-electron chi connectivity index (χ1n) is 8.43. The zero-order chi connectivity index (χ0) is 18.3. The number of halogens is 3. The molecule has 2 saturated heterocycles. The molecular weight excluding hydrogens is 347 g/mol. The average Bonchev–Trinajstić information content (AvgIpc) is 3.06. The van der Waals surface area contributed by atoms with Gasteiger partial charge in [-0.2, -0.15) is 13.2 Å². The number of amides is 2. The number of nitrogens with zero attached hydrogens (tertiary/aromatic N) is 1. The Balaban J connectivity index is 1.40. The number of hydrazine groups is 1. The van der Waals surface area contributed by atoms with Gasteiger partial charge in [-0.3, -0.25) is 5.01 Å². The van der Waals surface area contributed by atoms with Gasteiger partial charge in [0.15, 0.2) is 0 Å². The number of carbonyl (C=O) groups excluding carboxylic acids is 1. The molecule has 2 aliphatic heterocycles. The number of fused-ring (bicyclic) bond motifs is 3. The lowest BCUT2D eigenvalue weighted by Crippen LogP contribution is -2.47. The van der Waals surface area contributed by atoms with Crippen molar-refractivity contribution in [2.45, 2.75) is 18.6 Å². The molecule has 0 saturated carbocycles. The van der Waals surface area contributed by atoms with E-state index in [1.165, 1.54) is 17.1 Å². The predicted molar refractivity (Wildman–Crippen MR) is 88.9 cm³/mol. The zero-order valence-corrected chi connectivity index (χ0v) is 13.8. The minimum atomic E-state index is -4.39. The van der Waals surface area contributed by atoms with E-state index in [0.29, 0.717) is 18.8 Å². The van der Waals surface area contributed by atoms with Crippen LogP contribution in [0.5, 0.6) is 0 Å². The normalized spacial score (nSPS) is 27.3. The fraction of sp³-hybridized carbons (Fsp3) is 0.389. The van der Waals surface area contributed by atoms with E-state index in [-0.39, 0.29) is 17.9 Å². The molecule has 2 heterocycles. The molecule has 3 unspecified atom stereocenters. The van der Waals surface area contributed by atoms with Crippen LogP contribution in [-0.4, -0.2) is 30.2 Å². The molecule has 26 heavy (non-hydrogen) atoms. The van der Waals surface area contributed by atoms with E-state index in [4.69, 9.17) is 4.74 Å². The van der Waals surface area contributed by atoms with Gasteiger partial charge < -0.3 is 10.1 Å². The molecular formula is C18H18F3N3O2. The third-order valence-electron chi connectivity index (χ3n) is 4.99. The van der Waals surface area contributed by atoms with Crippen molar-refractivity contribution in [3.8, 4) is 0 Å². The van der Waals surface area contributed by atoms with Crippen LogP contribution in [0.2, 0.25) is 0 Å². The van der Waals surface area contributed by atoms with Gasteiger partial charge in [-0.05, 0) is 36.8 Å². The molecule has 3 aliphatic rings. The maximum absolute atomic E-state index is 12.6. The monoisotopic (exact) mass is 365 g/mol. The molecule has 2 fully saturated rings. The Labute approximate surface area is 148 Å². The Morgan fingerprint density at radius 3 is 2.77 bits per heavy atom. The summed E-state index contributed by atoms with van der Waals surface area (Å²) >= 11 is 0. The van der Waals surface area contributed by atoms with Crippen LogP contribution in [0.4, 0.5) is 23.7 Å². The van der Waals surface area contributed by atoms with Gasteiger partial charge in [0.1, 0.15) is 5.76 Å². The van der Waals surface area contributed by atoms with Crippen LogP contribution in [0, 0.1) is 11.8 Å². The first kappa shape index (κ1) is 17.0. The average molecular weight is 365 g/mol. The molecule has 0 bridgehead atoms. The van der Waals surface area contributed by atoms with Gasteiger partial charge >= 0.3 is 12.2 Å². The van der Waals surface area contributed by atoms with Crippen molar-refractivity contribution in [1.29, 1.82) is 0 Å². The van der Waals surface area contributed by atoms with Crippen LogP contribution in [0.25, 0.3) is 0 Å². The third kappa shape index (κ3) is 3.16. The summed E-state index contributed by atoms with van der Waals surface area (Å²) in [6.07, 6.45) is 2.46. The Bertz CT molecular complexity index is 758. The van der Waals surface area contributed by atoms with Gasteiger partial charge in [0.2, 0.25) is 0 Å². The molecule has 1 aromatic carbocycles. The zero-order valence-electron chi connectivity index (χ0n) is 13.8.